The molecule has 0 aliphatic carbocycles. The molecule has 0 saturated heterocycles. The molecule has 11 aromatic rings. The first-order valence-corrected chi connectivity index (χ1v) is 26.5. The second-order valence-corrected chi connectivity index (χ2v) is 25.5. The smallest absolute Gasteiger partial charge is 0.253 e. The standard InChI is InChI=1S/C70H65BN2/c1-67(2,3)48-36-49(68(4,5)6)39-52(38-48)72-58-32-28-42-18-13-15-22-55(42)64(58)71-65-56-23-16-14-19-43(56)29-33-59(65)73(53-40-50(69(7,8)9)37-51(41-53)70(10,11)12)61-35-47(34-60(72)66(61)71)54-30-26-46-25-24-44-20-17-21-45-27-31-57(54)63(46)62(44)45/h13-41H,1-12H3. The number of fused-ring (bicyclic) bond motifs is 8. The van der Waals surface area contributed by atoms with Crippen LogP contribution in [0.3, 0.4) is 0 Å². The lowest BCUT2D eigenvalue weighted by molar-refractivity contribution is 0.568. The molecule has 358 valence electrons. The molecule has 3 heteroatoms. The Morgan fingerprint density at radius 3 is 1.14 bits per heavy atom. The molecule has 13 rings (SSSR count). The van der Waals surface area contributed by atoms with Gasteiger partial charge in [-0.15, -0.1) is 0 Å². The van der Waals surface area contributed by atoms with Gasteiger partial charge in [-0.1, -0.05) is 210 Å². The van der Waals surface area contributed by atoms with Crippen LogP contribution in [0.25, 0.3) is 65.0 Å². The third kappa shape index (κ3) is 7.05. The summed E-state index contributed by atoms with van der Waals surface area (Å²) in [6, 6.07) is 68.7. The van der Waals surface area contributed by atoms with E-state index in [-0.39, 0.29) is 28.4 Å². The molecule has 0 bridgehead atoms. The summed E-state index contributed by atoms with van der Waals surface area (Å²) in [6.07, 6.45) is 0. The highest BCUT2D eigenvalue weighted by molar-refractivity contribution is 7.03. The summed E-state index contributed by atoms with van der Waals surface area (Å²) in [5.41, 5.74) is 18.8. The molecule has 0 unspecified atom stereocenters. The van der Waals surface area contributed by atoms with Crippen LogP contribution in [0.2, 0.25) is 0 Å². The molecule has 0 saturated carbocycles. The molecule has 2 nitrogen and oxygen atoms in total. The summed E-state index contributed by atoms with van der Waals surface area (Å²) in [5, 5.41) is 12.9. The van der Waals surface area contributed by atoms with Crippen LogP contribution in [0.5, 0.6) is 0 Å². The molecule has 2 aliphatic rings. The van der Waals surface area contributed by atoms with Crippen molar-refractivity contribution in [3.05, 3.63) is 198 Å². The molecule has 0 N–H and O–H groups in total. The fourth-order valence-corrected chi connectivity index (χ4v) is 12.5. The molecule has 11 aromatic carbocycles. The van der Waals surface area contributed by atoms with Gasteiger partial charge < -0.3 is 9.80 Å². The number of hydrogen-bond acceptors (Lipinski definition) is 2. The van der Waals surface area contributed by atoms with E-state index in [1.165, 1.54) is 138 Å². The molecule has 0 amide bonds. The minimum absolute atomic E-state index is 0.0733. The van der Waals surface area contributed by atoms with Crippen LogP contribution in [0.1, 0.15) is 105 Å². The van der Waals surface area contributed by atoms with Gasteiger partial charge in [0.05, 0.1) is 0 Å². The Morgan fingerprint density at radius 2 is 0.685 bits per heavy atom. The Morgan fingerprint density at radius 1 is 0.301 bits per heavy atom. The topological polar surface area (TPSA) is 6.48 Å². The van der Waals surface area contributed by atoms with Gasteiger partial charge in [0.1, 0.15) is 0 Å². The van der Waals surface area contributed by atoms with Crippen molar-refractivity contribution in [2.24, 2.45) is 0 Å². The molecule has 0 radical (unpaired) electrons. The van der Waals surface area contributed by atoms with Crippen LogP contribution in [0.4, 0.5) is 34.1 Å². The molecule has 0 fully saturated rings. The fraction of sp³-hybridized carbons (Fsp3) is 0.229. The van der Waals surface area contributed by atoms with Crippen LogP contribution in [-0.2, 0) is 21.7 Å². The highest BCUT2D eigenvalue weighted by Gasteiger charge is 2.46. The SMILES string of the molecule is CC(C)(C)c1cc(N2c3cc(-c4ccc5ccc6cccc7ccc4c5c67)cc4c3B(c3c2ccc2ccccc32)c2c(ccc3ccccc23)N4c2cc(C(C)(C)C)cc(C(C)(C)C)c2)cc(C(C)(C)C)c1. The highest BCUT2D eigenvalue weighted by atomic mass is 15.2. The third-order valence-corrected chi connectivity index (χ3v) is 16.5. The predicted octanol–water partition coefficient (Wildman–Crippen LogP) is 17.8. The number of rotatable bonds is 3. The van der Waals surface area contributed by atoms with Crippen LogP contribution in [-0.4, -0.2) is 6.71 Å². The summed E-state index contributed by atoms with van der Waals surface area (Å²) in [6.45, 7) is 28.3. The zero-order valence-electron chi connectivity index (χ0n) is 44.7. The van der Waals surface area contributed by atoms with Crippen LogP contribution < -0.4 is 26.2 Å². The quantitative estimate of drug-likeness (QED) is 0.129. The lowest BCUT2D eigenvalue weighted by atomic mass is 9.32. The summed E-state index contributed by atoms with van der Waals surface area (Å²) < 4.78 is 0. The largest absolute Gasteiger partial charge is 0.311 e. The fourth-order valence-electron chi connectivity index (χ4n) is 12.5. The zero-order chi connectivity index (χ0) is 50.7. The van der Waals surface area contributed by atoms with Gasteiger partial charge in [0.15, 0.2) is 0 Å². The normalized spacial score (nSPS) is 13.9. The number of anilines is 6. The van der Waals surface area contributed by atoms with Crippen molar-refractivity contribution in [3.63, 3.8) is 0 Å². The first-order chi connectivity index (χ1) is 34.7. The van der Waals surface area contributed by atoms with Crippen molar-refractivity contribution in [2.75, 3.05) is 9.80 Å². The van der Waals surface area contributed by atoms with E-state index < -0.39 is 0 Å². The Kier molecular flexibility index (Phi) is 9.71. The lowest BCUT2D eigenvalue weighted by Crippen LogP contribution is -2.61. The Bertz CT molecular complexity index is 3820. The molecule has 0 aromatic heterocycles. The summed E-state index contributed by atoms with van der Waals surface area (Å²) in [7, 11) is 0. The Labute approximate surface area is 432 Å². The summed E-state index contributed by atoms with van der Waals surface area (Å²) in [4.78, 5) is 5.34. The van der Waals surface area contributed by atoms with Crippen LogP contribution in [0.15, 0.2) is 176 Å². The molecule has 0 spiro atoms. The molecule has 0 atom stereocenters. The van der Waals surface area contributed by atoms with Gasteiger partial charge in [-0.25, -0.2) is 0 Å². The van der Waals surface area contributed by atoms with Crippen LogP contribution >= 0.6 is 0 Å². The average molecular weight is 945 g/mol. The van der Waals surface area contributed by atoms with Gasteiger partial charge in [0.25, 0.3) is 6.71 Å². The molecule has 73 heavy (non-hydrogen) atoms. The van der Waals surface area contributed by atoms with Crippen molar-refractivity contribution in [3.8, 4) is 11.1 Å². The maximum atomic E-state index is 2.67. The number of benzene rings is 11. The van der Waals surface area contributed by atoms with Gasteiger partial charge in [-0.3, -0.25) is 0 Å². The summed E-state index contributed by atoms with van der Waals surface area (Å²) in [5.74, 6) is 0. The average Bonchev–Trinajstić information content (AvgIpc) is 3.36. The van der Waals surface area contributed by atoms with Gasteiger partial charge >= 0.3 is 0 Å². The van der Waals surface area contributed by atoms with E-state index in [0.717, 1.165) is 0 Å². The van der Waals surface area contributed by atoms with Gasteiger partial charge in [-0.2, -0.15) is 0 Å². The van der Waals surface area contributed by atoms with E-state index in [4.69, 9.17) is 0 Å². The van der Waals surface area contributed by atoms with Crippen molar-refractivity contribution in [1.82, 2.24) is 0 Å². The van der Waals surface area contributed by atoms with E-state index in [2.05, 4.69) is 269 Å². The molecular weight excluding hydrogens is 880 g/mol. The van der Waals surface area contributed by atoms with Crippen molar-refractivity contribution >= 4 is 111 Å². The summed E-state index contributed by atoms with van der Waals surface area (Å²) >= 11 is 0. The first-order valence-electron chi connectivity index (χ1n) is 26.5. The van der Waals surface area contributed by atoms with Crippen molar-refractivity contribution < 1.29 is 0 Å². The van der Waals surface area contributed by atoms with E-state index in [0.29, 0.717) is 0 Å². The Hall–Kier alpha value is -7.36. The van der Waals surface area contributed by atoms with Gasteiger partial charge in [0.2, 0.25) is 0 Å². The van der Waals surface area contributed by atoms with Crippen molar-refractivity contribution in [1.29, 1.82) is 0 Å². The maximum Gasteiger partial charge on any atom is 0.253 e. The third-order valence-electron chi connectivity index (χ3n) is 16.5. The Balaban J connectivity index is 1.24. The minimum Gasteiger partial charge on any atom is -0.311 e. The van der Waals surface area contributed by atoms with E-state index in [9.17, 15) is 0 Å². The van der Waals surface area contributed by atoms with Crippen molar-refractivity contribution in [2.45, 2.75) is 105 Å². The van der Waals surface area contributed by atoms with Gasteiger partial charge in [-0.05, 0) is 174 Å². The molecule has 2 aliphatic heterocycles. The van der Waals surface area contributed by atoms with Gasteiger partial charge in [0, 0.05) is 34.1 Å². The maximum absolute atomic E-state index is 2.67. The number of hydrogen-bond donors (Lipinski definition) is 0. The van der Waals surface area contributed by atoms with E-state index in [1.54, 1.807) is 0 Å². The van der Waals surface area contributed by atoms with E-state index >= 15 is 0 Å². The molecule has 2 heterocycles. The van der Waals surface area contributed by atoms with Crippen LogP contribution in [0, 0.1) is 0 Å². The number of nitrogens with zero attached hydrogens (tertiary/aromatic N) is 2. The lowest BCUT2D eigenvalue weighted by Gasteiger charge is -2.46. The second kappa shape index (κ2) is 15.6. The minimum atomic E-state index is -0.0823. The zero-order valence-corrected chi connectivity index (χ0v) is 44.7. The first kappa shape index (κ1) is 45.5. The molecular formula is C70H65BN2. The second-order valence-electron chi connectivity index (χ2n) is 25.5. The monoisotopic (exact) mass is 945 g/mol. The highest BCUT2D eigenvalue weighted by Crippen LogP contribution is 2.51. The van der Waals surface area contributed by atoms with E-state index in [1.807, 2.05) is 0 Å². The predicted molar refractivity (Wildman–Crippen MR) is 319 cm³/mol.